The lowest BCUT2D eigenvalue weighted by Gasteiger charge is -2.17. The highest BCUT2D eigenvalue weighted by Gasteiger charge is 2.22. The summed E-state index contributed by atoms with van der Waals surface area (Å²) in [5.74, 6) is 0.880. The average Bonchev–Trinajstić information content (AvgIpc) is 3.56. The van der Waals surface area contributed by atoms with Crippen LogP contribution in [0.5, 0.6) is 0 Å². The minimum Gasteiger partial charge on any atom is -0.385 e. The lowest BCUT2D eigenvalue weighted by atomic mass is 10.1. The second-order valence-electron chi connectivity index (χ2n) is 8.31. The first-order valence-electron chi connectivity index (χ1n) is 11.1. The van der Waals surface area contributed by atoms with Crippen LogP contribution in [0.4, 0.5) is 4.39 Å². The molecular formula is C25H22FN7O. The number of methoxy groups -OCH3 is 1. The van der Waals surface area contributed by atoms with Crippen molar-refractivity contribution in [3.05, 3.63) is 67.0 Å². The number of H-pyrrole nitrogens is 1. The molecule has 1 atom stereocenters. The lowest BCUT2D eigenvalue weighted by Crippen LogP contribution is -2.11. The summed E-state index contributed by atoms with van der Waals surface area (Å²) in [6.07, 6.45) is 6.09. The van der Waals surface area contributed by atoms with E-state index < -0.39 is 0 Å². The number of rotatable bonds is 6. The standard InChI is InChI=1S/C25H22FN7O/c1-15(9-10-34-2)33-23(18-12-27-19-6-4-3-5-17(18)19)30-21-13-28-25(31-24(21)33)32-14-29-20-8-7-16(26)11-22(20)32/h3-8,11-15,27H,9-10H2,1-2H3. The van der Waals surface area contributed by atoms with E-state index in [1.807, 2.05) is 24.4 Å². The van der Waals surface area contributed by atoms with Gasteiger partial charge in [0.15, 0.2) is 5.65 Å². The predicted molar refractivity (Wildman–Crippen MR) is 128 cm³/mol. The van der Waals surface area contributed by atoms with E-state index in [0.29, 0.717) is 34.8 Å². The molecule has 2 aromatic carbocycles. The molecule has 4 heterocycles. The van der Waals surface area contributed by atoms with Crippen LogP contribution in [0, 0.1) is 5.82 Å². The number of hydrogen-bond acceptors (Lipinski definition) is 5. The molecule has 0 radical (unpaired) electrons. The Hall–Kier alpha value is -4.11. The maximum Gasteiger partial charge on any atom is 0.237 e. The van der Waals surface area contributed by atoms with Crippen molar-refractivity contribution in [2.24, 2.45) is 0 Å². The molecule has 1 unspecified atom stereocenters. The van der Waals surface area contributed by atoms with Crippen LogP contribution in [0.1, 0.15) is 19.4 Å². The molecule has 0 saturated carbocycles. The number of halogens is 1. The van der Waals surface area contributed by atoms with Gasteiger partial charge in [-0.3, -0.25) is 4.57 Å². The number of aromatic amines is 1. The summed E-state index contributed by atoms with van der Waals surface area (Å²) in [5.41, 5.74) is 4.70. The van der Waals surface area contributed by atoms with Crippen LogP contribution in [0.15, 0.2) is 61.2 Å². The molecule has 0 bridgehead atoms. The number of fused-ring (bicyclic) bond motifs is 3. The second kappa shape index (κ2) is 8.03. The first-order valence-corrected chi connectivity index (χ1v) is 11.1. The highest BCUT2D eigenvalue weighted by molar-refractivity contribution is 5.95. The molecule has 0 fully saturated rings. The van der Waals surface area contributed by atoms with Crippen molar-refractivity contribution in [1.82, 2.24) is 34.1 Å². The fraction of sp³-hybridized carbons (Fsp3) is 0.200. The zero-order valence-electron chi connectivity index (χ0n) is 18.7. The third kappa shape index (κ3) is 3.24. The van der Waals surface area contributed by atoms with Crippen molar-refractivity contribution in [3.63, 3.8) is 0 Å². The largest absolute Gasteiger partial charge is 0.385 e. The summed E-state index contributed by atoms with van der Waals surface area (Å²) < 4.78 is 23.1. The molecule has 4 aromatic heterocycles. The van der Waals surface area contributed by atoms with E-state index in [2.05, 4.69) is 32.5 Å². The summed E-state index contributed by atoms with van der Waals surface area (Å²) in [6, 6.07) is 12.7. The van der Waals surface area contributed by atoms with Crippen molar-refractivity contribution in [3.8, 4) is 17.3 Å². The van der Waals surface area contributed by atoms with Crippen molar-refractivity contribution < 1.29 is 9.13 Å². The van der Waals surface area contributed by atoms with E-state index in [1.54, 1.807) is 30.3 Å². The van der Waals surface area contributed by atoms with E-state index in [1.165, 1.54) is 12.1 Å². The van der Waals surface area contributed by atoms with Gasteiger partial charge in [0.05, 0.1) is 17.2 Å². The Labute approximate surface area is 194 Å². The fourth-order valence-corrected chi connectivity index (χ4v) is 4.42. The predicted octanol–water partition coefficient (Wildman–Crippen LogP) is 5.05. The number of benzene rings is 2. The highest BCUT2D eigenvalue weighted by atomic mass is 19.1. The number of ether oxygens (including phenoxy) is 1. The summed E-state index contributed by atoms with van der Waals surface area (Å²) in [5, 5.41) is 1.09. The number of aromatic nitrogens is 7. The van der Waals surface area contributed by atoms with Crippen LogP contribution in [0.2, 0.25) is 0 Å². The van der Waals surface area contributed by atoms with Crippen LogP contribution in [0.25, 0.3) is 50.4 Å². The van der Waals surface area contributed by atoms with Crippen molar-refractivity contribution in [2.45, 2.75) is 19.4 Å². The average molecular weight is 455 g/mol. The van der Waals surface area contributed by atoms with Crippen LogP contribution < -0.4 is 0 Å². The quantitative estimate of drug-likeness (QED) is 0.380. The van der Waals surface area contributed by atoms with Gasteiger partial charge in [-0.1, -0.05) is 18.2 Å². The zero-order valence-corrected chi connectivity index (χ0v) is 18.7. The Morgan fingerprint density at radius 2 is 1.97 bits per heavy atom. The van der Waals surface area contributed by atoms with E-state index in [-0.39, 0.29) is 11.9 Å². The molecular weight excluding hydrogens is 433 g/mol. The van der Waals surface area contributed by atoms with Crippen LogP contribution >= 0.6 is 0 Å². The van der Waals surface area contributed by atoms with Gasteiger partial charge in [-0.05, 0) is 31.5 Å². The van der Waals surface area contributed by atoms with Gasteiger partial charge < -0.3 is 14.3 Å². The molecule has 8 nitrogen and oxygen atoms in total. The summed E-state index contributed by atoms with van der Waals surface area (Å²) in [7, 11) is 1.70. The van der Waals surface area contributed by atoms with Gasteiger partial charge in [0, 0.05) is 48.5 Å². The van der Waals surface area contributed by atoms with Crippen molar-refractivity contribution >= 4 is 33.1 Å². The maximum absolute atomic E-state index is 13.9. The van der Waals surface area contributed by atoms with Crippen molar-refractivity contribution in [2.75, 3.05) is 13.7 Å². The molecule has 0 aliphatic rings. The van der Waals surface area contributed by atoms with Gasteiger partial charge in [0.1, 0.15) is 23.5 Å². The van der Waals surface area contributed by atoms with Gasteiger partial charge >= 0.3 is 0 Å². The Bertz CT molecular complexity index is 1650. The Kier molecular flexibility index (Phi) is 4.84. The molecule has 0 aliphatic carbocycles. The van der Waals surface area contributed by atoms with E-state index in [4.69, 9.17) is 14.7 Å². The number of para-hydroxylation sites is 1. The summed E-state index contributed by atoms with van der Waals surface area (Å²) in [6.45, 7) is 2.74. The fourth-order valence-electron chi connectivity index (χ4n) is 4.42. The van der Waals surface area contributed by atoms with Crippen LogP contribution in [-0.4, -0.2) is 47.8 Å². The summed E-state index contributed by atoms with van der Waals surface area (Å²) in [4.78, 5) is 22.0. The van der Waals surface area contributed by atoms with E-state index >= 15 is 0 Å². The van der Waals surface area contributed by atoms with Gasteiger partial charge in [0.2, 0.25) is 5.95 Å². The molecule has 34 heavy (non-hydrogen) atoms. The molecule has 0 saturated heterocycles. The highest BCUT2D eigenvalue weighted by Crippen LogP contribution is 2.33. The molecule has 6 aromatic rings. The third-order valence-electron chi connectivity index (χ3n) is 6.16. The van der Waals surface area contributed by atoms with E-state index in [0.717, 1.165) is 28.7 Å². The monoisotopic (exact) mass is 455 g/mol. The Morgan fingerprint density at radius 1 is 1.09 bits per heavy atom. The first-order chi connectivity index (χ1) is 16.6. The van der Waals surface area contributed by atoms with E-state index in [9.17, 15) is 4.39 Å². The van der Waals surface area contributed by atoms with Crippen LogP contribution in [-0.2, 0) is 4.74 Å². The topological polar surface area (TPSA) is 86.4 Å². The minimum atomic E-state index is -0.338. The molecule has 170 valence electrons. The third-order valence-corrected chi connectivity index (χ3v) is 6.16. The molecule has 9 heteroatoms. The lowest BCUT2D eigenvalue weighted by molar-refractivity contribution is 0.182. The maximum atomic E-state index is 13.9. The number of nitrogens with one attached hydrogen (secondary N) is 1. The first kappa shape index (κ1) is 20.5. The molecule has 6 rings (SSSR count). The Morgan fingerprint density at radius 3 is 2.85 bits per heavy atom. The SMILES string of the molecule is COCCC(C)n1c(-c2c[nH]c3ccccc23)nc2cnc(-n3cnc4ccc(F)cc43)nc21. The molecule has 1 N–H and O–H groups in total. The number of hydrogen-bond donors (Lipinski definition) is 1. The smallest absolute Gasteiger partial charge is 0.237 e. The Balaban J connectivity index is 1.58. The summed E-state index contributed by atoms with van der Waals surface area (Å²) >= 11 is 0. The van der Waals surface area contributed by atoms with Crippen LogP contribution in [0.3, 0.4) is 0 Å². The molecule has 0 amide bonds. The number of nitrogens with zero attached hydrogens (tertiary/aromatic N) is 6. The van der Waals surface area contributed by atoms with Gasteiger partial charge in [-0.15, -0.1) is 0 Å². The van der Waals surface area contributed by atoms with Gasteiger partial charge in [-0.25, -0.2) is 19.3 Å². The zero-order chi connectivity index (χ0) is 23.2. The normalized spacial score (nSPS) is 12.8. The minimum absolute atomic E-state index is 0.0633. The second-order valence-corrected chi connectivity index (χ2v) is 8.31. The molecule has 0 aliphatic heterocycles. The van der Waals surface area contributed by atoms with Gasteiger partial charge in [-0.2, -0.15) is 4.98 Å². The number of imidazole rings is 2. The molecule has 0 spiro atoms. The van der Waals surface area contributed by atoms with Gasteiger partial charge in [0.25, 0.3) is 0 Å². The van der Waals surface area contributed by atoms with Crippen molar-refractivity contribution in [1.29, 1.82) is 0 Å².